The molecule has 1 heterocycles. The highest BCUT2D eigenvalue weighted by Gasteiger charge is 2.10. The van der Waals surface area contributed by atoms with E-state index in [4.69, 9.17) is 5.26 Å². The summed E-state index contributed by atoms with van der Waals surface area (Å²) in [6, 6.07) is 2.53. The lowest BCUT2D eigenvalue weighted by Crippen LogP contribution is -2.26. The number of nitrogens with zero attached hydrogens (tertiary/aromatic N) is 2. The average Bonchev–Trinajstić information content (AvgIpc) is 2.05. The summed E-state index contributed by atoms with van der Waals surface area (Å²) in [6.07, 6.45) is 6.84. The maximum atomic E-state index is 8.60. The predicted octanol–water partition coefficient (Wildman–Crippen LogP) is 1.67. The second kappa shape index (κ2) is 3.25. The lowest BCUT2D eigenvalue weighted by atomic mass is 10.1. The molecule has 0 saturated heterocycles. The van der Waals surface area contributed by atoms with Crippen molar-refractivity contribution in [3.63, 3.8) is 0 Å². The van der Waals surface area contributed by atoms with Crippen molar-refractivity contribution in [2.24, 2.45) is 0 Å². The fourth-order valence-electron chi connectivity index (χ4n) is 1.17. The molecule has 0 spiro atoms. The van der Waals surface area contributed by atoms with Gasteiger partial charge in [-0.15, -0.1) is 0 Å². The van der Waals surface area contributed by atoms with Gasteiger partial charge in [0.15, 0.2) is 0 Å². The van der Waals surface area contributed by atoms with Gasteiger partial charge < -0.3 is 4.90 Å². The molecule has 0 aromatic heterocycles. The number of hydrogen-bond acceptors (Lipinski definition) is 2. The van der Waals surface area contributed by atoms with E-state index in [1.165, 1.54) is 0 Å². The molecule has 0 fully saturated rings. The molecule has 1 rings (SSSR count). The smallest absolute Gasteiger partial charge is 0.0989 e. The molecule has 0 saturated carbocycles. The van der Waals surface area contributed by atoms with Crippen LogP contribution in [0.5, 0.6) is 0 Å². The number of nitriles is 1. The highest BCUT2D eigenvalue weighted by Crippen LogP contribution is 2.13. The monoisotopic (exact) mass is 148 g/mol. The normalized spacial score (nSPS) is 22.8. The van der Waals surface area contributed by atoms with E-state index in [1.54, 1.807) is 0 Å². The quantitative estimate of drug-likeness (QED) is 0.565. The summed E-state index contributed by atoms with van der Waals surface area (Å²) >= 11 is 0. The third-order valence-electron chi connectivity index (χ3n) is 1.93. The zero-order valence-electron chi connectivity index (χ0n) is 6.91. The van der Waals surface area contributed by atoms with Crippen LogP contribution in [0.1, 0.15) is 13.3 Å². The van der Waals surface area contributed by atoms with Crippen LogP contribution in [0, 0.1) is 11.3 Å². The summed E-state index contributed by atoms with van der Waals surface area (Å²) in [6.45, 7) is 2.12. The van der Waals surface area contributed by atoms with Crippen LogP contribution in [0.15, 0.2) is 23.9 Å². The van der Waals surface area contributed by atoms with Crippen LogP contribution in [0.25, 0.3) is 0 Å². The Bertz CT molecular complexity index is 232. The molecule has 2 nitrogen and oxygen atoms in total. The molecule has 0 aromatic rings. The van der Waals surface area contributed by atoms with Crippen molar-refractivity contribution in [3.8, 4) is 6.07 Å². The first kappa shape index (κ1) is 7.87. The van der Waals surface area contributed by atoms with Gasteiger partial charge in [-0.25, -0.2) is 0 Å². The van der Waals surface area contributed by atoms with E-state index in [2.05, 4.69) is 17.9 Å². The molecule has 1 aliphatic rings. The summed E-state index contributed by atoms with van der Waals surface area (Å²) in [4.78, 5) is 2.11. The van der Waals surface area contributed by atoms with Crippen molar-refractivity contribution in [1.82, 2.24) is 4.90 Å². The molecule has 1 unspecified atom stereocenters. The van der Waals surface area contributed by atoms with Gasteiger partial charge in [-0.05, 0) is 18.6 Å². The molecule has 0 aromatic carbocycles. The van der Waals surface area contributed by atoms with Crippen molar-refractivity contribution in [3.05, 3.63) is 23.9 Å². The number of hydrogen-bond donors (Lipinski definition) is 0. The van der Waals surface area contributed by atoms with Crippen LogP contribution in [0.4, 0.5) is 0 Å². The Morgan fingerprint density at radius 1 is 1.73 bits per heavy atom. The summed E-state index contributed by atoms with van der Waals surface area (Å²) < 4.78 is 0. The third kappa shape index (κ3) is 1.62. The van der Waals surface area contributed by atoms with Crippen LogP contribution in [-0.4, -0.2) is 18.0 Å². The van der Waals surface area contributed by atoms with Crippen molar-refractivity contribution in [1.29, 1.82) is 5.26 Å². The second-order valence-corrected chi connectivity index (χ2v) is 2.69. The maximum absolute atomic E-state index is 8.60. The van der Waals surface area contributed by atoms with Crippen LogP contribution in [0.2, 0.25) is 0 Å². The molecular formula is C9H12N2. The van der Waals surface area contributed by atoms with Crippen LogP contribution >= 0.6 is 0 Å². The van der Waals surface area contributed by atoms with Gasteiger partial charge in [-0.1, -0.05) is 6.92 Å². The van der Waals surface area contributed by atoms with Crippen molar-refractivity contribution >= 4 is 0 Å². The van der Waals surface area contributed by atoms with Gasteiger partial charge in [-0.3, -0.25) is 0 Å². The van der Waals surface area contributed by atoms with E-state index < -0.39 is 0 Å². The van der Waals surface area contributed by atoms with Gasteiger partial charge in [0.25, 0.3) is 0 Å². The Balaban J connectivity index is 2.77. The molecule has 2 heteroatoms. The summed E-state index contributed by atoms with van der Waals surface area (Å²) in [5, 5.41) is 8.60. The van der Waals surface area contributed by atoms with Gasteiger partial charge in [0.05, 0.1) is 11.6 Å². The first-order chi connectivity index (χ1) is 5.27. The third-order valence-corrected chi connectivity index (χ3v) is 1.93. The van der Waals surface area contributed by atoms with Crippen LogP contribution in [0.3, 0.4) is 0 Å². The standard InChI is InChI=1S/C9H12N2/c1-3-9-6-8(7-10)4-5-11(9)2/h4-6,9H,3H2,1-2H3. The topological polar surface area (TPSA) is 27.0 Å². The fourth-order valence-corrected chi connectivity index (χ4v) is 1.17. The van der Waals surface area contributed by atoms with E-state index in [-0.39, 0.29) is 0 Å². The highest BCUT2D eigenvalue weighted by molar-refractivity contribution is 5.36. The van der Waals surface area contributed by atoms with Gasteiger partial charge >= 0.3 is 0 Å². The minimum absolute atomic E-state index is 0.398. The molecule has 11 heavy (non-hydrogen) atoms. The fraction of sp³-hybridized carbons (Fsp3) is 0.444. The largest absolute Gasteiger partial charge is 0.374 e. The van der Waals surface area contributed by atoms with E-state index in [9.17, 15) is 0 Å². The Morgan fingerprint density at radius 2 is 2.45 bits per heavy atom. The Morgan fingerprint density at radius 3 is 3.00 bits per heavy atom. The number of allylic oxidation sites excluding steroid dienone is 2. The van der Waals surface area contributed by atoms with Gasteiger partial charge in [0.1, 0.15) is 0 Å². The molecule has 58 valence electrons. The maximum Gasteiger partial charge on any atom is 0.0989 e. The summed E-state index contributed by atoms with van der Waals surface area (Å²) in [7, 11) is 2.02. The van der Waals surface area contributed by atoms with Gasteiger partial charge in [0, 0.05) is 19.3 Å². The highest BCUT2D eigenvalue weighted by atomic mass is 15.1. The molecule has 0 N–H and O–H groups in total. The minimum atomic E-state index is 0.398. The Hall–Kier alpha value is -1.23. The molecule has 0 radical (unpaired) electrons. The summed E-state index contributed by atoms with van der Waals surface area (Å²) in [5.74, 6) is 0. The average molecular weight is 148 g/mol. The zero-order chi connectivity index (χ0) is 8.27. The minimum Gasteiger partial charge on any atom is -0.374 e. The van der Waals surface area contributed by atoms with E-state index in [0.29, 0.717) is 6.04 Å². The first-order valence-electron chi connectivity index (χ1n) is 3.80. The van der Waals surface area contributed by atoms with E-state index >= 15 is 0 Å². The van der Waals surface area contributed by atoms with E-state index in [0.717, 1.165) is 12.0 Å². The van der Waals surface area contributed by atoms with Crippen LogP contribution in [-0.2, 0) is 0 Å². The molecule has 1 aliphatic heterocycles. The second-order valence-electron chi connectivity index (χ2n) is 2.69. The lowest BCUT2D eigenvalue weighted by molar-refractivity contribution is 0.370. The SMILES string of the molecule is CCC1C=C(C#N)C=CN1C. The van der Waals surface area contributed by atoms with E-state index in [1.807, 2.05) is 25.4 Å². The van der Waals surface area contributed by atoms with Gasteiger partial charge in [-0.2, -0.15) is 5.26 Å². The molecule has 0 bridgehead atoms. The lowest BCUT2D eigenvalue weighted by Gasteiger charge is -2.25. The Kier molecular flexibility index (Phi) is 2.32. The zero-order valence-corrected chi connectivity index (χ0v) is 6.91. The van der Waals surface area contributed by atoms with Crippen molar-refractivity contribution in [2.45, 2.75) is 19.4 Å². The number of rotatable bonds is 1. The molecular weight excluding hydrogens is 136 g/mol. The first-order valence-corrected chi connectivity index (χ1v) is 3.80. The van der Waals surface area contributed by atoms with Gasteiger partial charge in [0.2, 0.25) is 0 Å². The van der Waals surface area contributed by atoms with Crippen molar-refractivity contribution in [2.75, 3.05) is 7.05 Å². The Labute approximate surface area is 67.4 Å². The molecule has 0 aliphatic carbocycles. The summed E-state index contributed by atoms with van der Waals surface area (Å²) in [5.41, 5.74) is 0.773. The number of likely N-dealkylation sites (N-methyl/N-ethyl adjacent to an activating group) is 1. The predicted molar refractivity (Wildman–Crippen MR) is 44.7 cm³/mol. The van der Waals surface area contributed by atoms with Crippen molar-refractivity contribution < 1.29 is 0 Å². The van der Waals surface area contributed by atoms with Crippen LogP contribution < -0.4 is 0 Å². The molecule has 0 amide bonds. The molecule has 1 atom stereocenters.